The van der Waals surface area contributed by atoms with E-state index < -0.39 is 10.0 Å². The summed E-state index contributed by atoms with van der Waals surface area (Å²) in [6, 6.07) is 10.2. The van der Waals surface area contributed by atoms with Crippen molar-refractivity contribution < 1.29 is 13.2 Å². The van der Waals surface area contributed by atoms with Crippen molar-refractivity contribution in [1.82, 2.24) is 0 Å². The summed E-state index contributed by atoms with van der Waals surface area (Å²) in [5.74, 6) is 0.704. The fourth-order valence-corrected chi connectivity index (χ4v) is 3.82. The van der Waals surface area contributed by atoms with Crippen LogP contribution in [-0.2, 0) is 10.0 Å². The number of fused-ring (bicyclic) bond motifs is 1. The molecule has 23 heavy (non-hydrogen) atoms. The molecule has 0 amide bonds. The Morgan fingerprint density at radius 1 is 1.22 bits per heavy atom. The zero-order valence-electron chi connectivity index (χ0n) is 12.8. The van der Waals surface area contributed by atoms with Gasteiger partial charge in [-0.2, -0.15) is 0 Å². The van der Waals surface area contributed by atoms with Gasteiger partial charge in [0.2, 0.25) is 0 Å². The Morgan fingerprint density at radius 2 is 2.00 bits per heavy atom. The van der Waals surface area contributed by atoms with Crippen LogP contribution in [0.3, 0.4) is 0 Å². The van der Waals surface area contributed by atoms with E-state index in [-0.39, 0.29) is 4.90 Å². The fourth-order valence-electron chi connectivity index (χ4n) is 2.37. The molecule has 0 radical (unpaired) electrons. The van der Waals surface area contributed by atoms with Gasteiger partial charge in [0.15, 0.2) is 0 Å². The van der Waals surface area contributed by atoms with Crippen LogP contribution in [0.25, 0.3) is 0 Å². The van der Waals surface area contributed by atoms with E-state index >= 15 is 0 Å². The molecule has 1 aliphatic rings. The van der Waals surface area contributed by atoms with Crippen molar-refractivity contribution >= 4 is 37.3 Å². The topological polar surface area (TPSA) is 58.6 Å². The number of nitrogens with zero attached hydrogens (tertiary/aromatic N) is 1. The highest BCUT2D eigenvalue weighted by Gasteiger charge is 2.21. The lowest BCUT2D eigenvalue weighted by atomic mass is 10.2. The first-order chi connectivity index (χ1) is 10.9. The molecule has 0 saturated heterocycles. The highest BCUT2D eigenvalue weighted by molar-refractivity contribution is 9.10. The van der Waals surface area contributed by atoms with Crippen molar-refractivity contribution in [2.24, 2.45) is 0 Å². The van der Waals surface area contributed by atoms with Gasteiger partial charge in [0.25, 0.3) is 10.0 Å². The molecule has 0 atom stereocenters. The number of likely N-dealkylation sites (N-methyl/N-ethyl adjacent to an activating group) is 1. The van der Waals surface area contributed by atoms with Gasteiger partial charge in [-0.1, -0.05) is 22.0 Å². The molecule has 0 aliphatic carbocycles. The number of sulfonamides is 1. The van der Waals surface area contributed by atoms with Crippen molar-refractivity contribution in [2.45, 2.75) is 11.8 Å². The van der Waals surface area contributed by atoms with Crippen molar-refractivity contribution in [2.75, 3.05) is 29.8 Å². The third-order valence-electron chi connectivity index (χ3n) is 3.76. The SMILES string of the molecule is Cc1ccc(NS(=O)(=O)c2ccc3c(c2)N(C)CCO3)cc1Br. The van der Waals surface area contributed by atoms with Gasteiger partial charge < -0.3 is 9.64 Å². The van der Waals surface area contributed by atoms with Gasteiger partial charge >= 0.3 is 0 Å². The Kier molecular flexibility index (Phi) is 4.25. The second kappa shape index (κ2) is 6.05. The first-order valence-corrected chi connectivity index (χ1v) is 9.41. The average Bonchev–Trinajstić information content (AvgIpc) is 2.51. The maximum absolute atomic E-state index is 12.6. The molecule has 2 aromatic carbocycles. The second-order valence-corrected chi connectivity index (χ2v) is 8.01. The summed E-state index contributed by atoms with van der Waals surface area (Å²) in [7, 11) is -1.73. The Bertz CT molecular complexity index is 852. The largest absolute Gasteiger partial charge is 0.490 e. The molecule has 2 aromatic rings. The fraction of sp³-hybridized carbons (Fsp3) is 0.250. The number of anilines is 2. The maximum atomic E-state index is 12.6. The molecular formula is C16H17BrN2O3S. The van der Waals surface area contributed by atoms with Crippen LogP contribution in [0.5, 0.6) is 5.75 Å². The number of rotatable bonds is 3. The van der Waals surface area contributed by atoms with E-state index in [1.807, 2.05) is 24.9 Å². The maximum Gasteiger partial charge on any atom is 0.261 e. The quantitative estimate of drug-likeness (QED) is 0.863. The van der Waals surface area contributed by atoms with E-state index in [9.17, 15) is 8.42 Å². The van der Waals surface area contributed by atoms with Gasteiger partial charge in [-0.15, -0.1) is 0 Å². The standard InChI is InChI=1S/C16H17BrN2O3S/c1-11-3-4-12(9-14(11)17)18-23(20,21)13-5-6-16-15(10-13)19(2)7-8-22-16/h3-6,9-10,18H,7-8H2,1-2H3. The van der Waals surface area contributed by atoms with E-state index in [1.165, 1.54) is 0 Å². The van der Waals surface area contributed by atoms with Crippen LogP contribution in [-0.4, -0.2) is 28.6 Å². The average molecular weight is 397 g/mol. The summed E-state index contributed by atoms with van der Waals surface area (Å²) in [6.45, 7) is 3.28. The second-order valence-electron chi connectivity index (χ2n) is 5.47. The Balaban J connectivity index is 1.93. The lowest BCUT2D eigenvalue weighted by molar-refractivity contribution is 0.311. The summed E-state index contributed by atoms with van der Waals surface area (Å²) in [4.78, 5) is 2.20. The van der Waals surface area contributed by atoms with Crippen LogP contribution in [0.1, 0.15) is 5.56 Å². The third-order valence-corrected chi connectivity index (χ3v) is 5.99. The molecule has 0 unspecified atom stereocenters. The summed E-state index contributed by atoms with van der Waals surface area (Å²) in [5.41, 5.74) is 2.34. The van der Waals surface area contributed by atoms with Crippen molar-refractivity contribution in [3.8, 4) is 5.75 Å². The van der Waals surface area contributed by atoms with E-state index in [0.29, 0.717) is 18.0 Å². The van der Waals surface area contributed by atoms with Crippen LogP contribution in [0.15, 0.2) is 45.8 Å². The van der Waals surface area contributed by atoms with Crippen molar-refractivity contribution in [1.29, 1.82) is 0 Å². The number of nitrogens with one attached hydrogen (secondary N) is 1. The molecule has 7 heteroatoms. The monoisotopic (exact) mass is 396 g/mol. The van der Waals surface area contributed by atoms with Crippen LogP contribution in [0.2, 0.25) is 0 Å². The molecule has 5 nitrogen and oxygen atoms in total. The Morgan fingerprint density at radius 3 is 2.74 bits per heavy atom. The van der Waals surface area contributed by atoms with Gasteiger partial charge in [0.05, 0.1) is 17.1 Å². The number of hydrogen-bond donors (Lipinski definition) is 1. The van der Waals surface area contributed by atoms with Crippen LogP contribution in [0, 0.1) is 6.92 Å². The van der Waals surface area contributed by atoms with Crippen LogP contribution < -0.4 is 14.4 Å². The molecule has 0 saturated carbocycles. The zero-order chi connectivity index (χ0) is 16.6. The predicted octanol–water partition coefficient (Wildman–Crippen LogP) is 3.39. The zero-order valence-corrected chi connectivity index (χ0v) is 15.2. The first-order valence-electron chi connectivity index (χ1n) is 7.14. The van der Waals surface area contributed by atoms with E-state index in [2.05, 4.69) is 20.7 Å². The molecule has 1 aliphatic heterocycles. The molecule has 0 aromatic heterocycles. The minimum Gasteiger partial charge on any atom is -0.490 e. The van der Waals surface area contributed by atoms with Crippen LogP contribution >= 0.6 is 15.9 Å². The Labute approximate surface area is 144 Å². The third kappa shape index (κ3) is 3.30. The summed E-state index contributed by atoms with van der Waals surface area (Å²) in [5, 5.41) is 0. The van der Waals surface area contributed by atoms with E-state index in [4.69, 9.17) is 4.74 Å². The van der Waals surface area contributed by atoms with Crippen molar-refractivity contribution in [3.05, 3.63) is 46.4 Å². The number of benzene rings is 2. The minimum atomic E-state index is -3.65. The summed E-state index contributed by atoms with van der Waals surface area (Å²) >= 11 is 3.41. The molecule has 1 heterocycles. The van der Waals surface area contributed by atoms with Gasteiger partial charge in [-0.05, 0) is 42.8 Å². The minimum absolute atomic E-state index is 0.213. The van der Waals surface area contributed by atoms with Gasteiger partial charge in [-0.3, -0.25) is 4.72 Å². The lowest BCUT2D eigenvalue weighted by Gasteiger charge is -2.28. The molecule has 1 N–H and O–H groups in total. The number of aryl methyl sites for hydroxylation is 1. The summed E-state index contributed by atoms with van der Waals surface area (Å²) in [6.07, 6.45) is 0. The molecule has 0 fully saturated rings. The van der Waals surface area contributed by atoms with Gasteiger partial charge in [-0.25, -0.2) is 8.42 Å². The number of ether oxygens (including phenoxy) is 1. The number of halogens is 1. The van der Waals surface area contributed by atoms with Gasteiger partial charge in [0, 0.05) is 17.2 Å². The van der Waals surface area contributed by atoms with E-state index in [1.54, 1.807) is 30.3 Å². The summed E-state index contributed by atoms with van der Waals surface area (Å²) < 4.78 is 34.2. The predicted molar refractivity (Wildman–Crippen MR) is 94.9 cm³/mol. The molecular weight excluding hydrogens is 380 g/mol. The molecule has 122 valence electrons. The molecule has 0 bridgehead atoms. The van der Waals surface area contributed by atoms with E-state index in [0.717, 1.165) is 22.3 Å². The lowest BCUT2D eigenvalue weighted by Crippen LogP contribution is -2.29. The Hall–Kier alpha value is -1.73. The van der Waals surface area contributed by atoms with Crippen molar-refractivity contribution in [3.63, 3.8) is 0 Å². The number of hydrogen-bond acceptors (Lipinski definition) is 4. The molecule has 3 rings (SSSR count). The molecule has 0 spiro atoms. The smallest absolute Gasteiger partial charge is 0.261 e. The normalized spacial score (nSPS) is 14.1. The first kappa shape index (κ1) is 16.1. The highest BCUT2D eigenvalue weighted by atomic mass is 79.9. The highest BCUT2D eigenvalue weighted by Crippen LogP contribution is 2.33. The van der Waals surface area contributed by atoms with Crippen LogP contribution in [0.4, 0.5) is 11.4 Å². The van der Waals surface area contributed by atoms with Gasteiger partial charge in [0.1, 0.15) is 12.4 Å².